The van der Waals surface area contributed by atoms with Crippen molar-refractivity contribution < 1.29 is 22.4 Å². The molecule has 0 saturated heterocycles. The monoisotopic (exact) mass is 566 g/mol. The molecule has 4 rings (SSSR count). The smallest absolute Gasteiger partial charge is 0.762 e. The van der Waals surface area contributed by atoms with Crippen molar-refractivity contribution in [3.05, 3.63) is 81.9 Å². The Balaban J connectivity index is 0.000000571. The SMILES string of the molecule is CC1=C(C)C(C)([PH+](C)C(C)C)c2ccccc21.CC1=C(C)C(C)c2ccccc21.CCOCC.FB(F)F.[F-]. The molecular formula is C32H48BF4OP. The molecule has 218 valence electrons. The van der Waals surface area contributed by atoms with Crippen LogP contribution in [0.4, 0.5) is 12.9 Å². The Labute approximate surface area is 236 Å². The van der Waals surface area contributed by atoms with Crippen LogP contribution in [0.5, 0.6) is 0 Å². The van der Waals surface area contributed by atoms with Gasteiger partial charge < -0.3 is 9.44 Å². The number of rotatable bonds is 4. The number of halogens is 4. The van der Waals surface area contributed by atoms with Crippen LogP contribution in [0.3, 0.4) is 0 Å². The van der Waals surface area contributed by atoms with Crippen molar-refractivity contribution in [2.24, 2.45) is 0 Å². The van der Waals surface area contributed by atoms with Crippen LogP contribution in [0.2, 0.25) is 0 Å². The zero-order chi connectivity index (χ0) is 29.2. The molecule has 0 saturated carbocycles. The molecule has 0 fully saturated rings. The van der Waals surface area contributed by atoms with E-state index in [1.54, 1.807) is 11.1 Å². The first-order valence-corrected chi connectivity index (χ1v) is 15.7. The van der Waals surface area contributed by atoms with Crippen molar-refractivity contribution in [1.82, 2.24) is 0 Å². The third-order valence-electron chi connectivity index (χ3n) is 8.32. The molecule has 0 aliphatic heterocycles. The lowest BCUT2D eigenvalue weighted by Crippen LogP contribution is -3.00. The van der Waals surface area contributed by atoms with Crippen molar-refractivity contribution in [1.29, 1.82) is 0 Å². The molecule has 0 N–H and O–H groups in total. The fourth-order valence-electron chi connectivity index (χ4n) is 5.30. The van der Waals surface area contributed by atoms with E-state index in [0.717, 1.165) is 18.9 Å². The molecule has 0 aromatic heterocycles. The zero-order valence-corrected chi connectivity index (χ0v) is 26.7. The Kier molecular flexibility index (Phi) is 16.2. The molecule has 1 nitrogen and oxygen atoms in total. The first-order chi connectivity index (χ1) is 17.8. The standard InChI is InChI=1S/C16H23P.C12H14.C4H10O.BF3.FH/c1-11(2)17(6)16(5)13(4)12(3)14-9-7-8-10-15(14)16;1-8-9(2)11-6-4-5-7-12(11)10(8)3;1-3-5-4-2;2-1(3)4;/h7-11H,1-6H3;4-7,9H,1-3H3;3-4H2,1-2H3;;1H. The minimum absolute atomic E-state index is 0. The summed E-state index contributed by atoms with van der Waals surface area (Å²) in [6.45, 7) is 26.7. The fraction of sp³-hybridized carbons (Fsp3) is 0.500. The molecule has 0 bridgehead atoms. The molecule has 3 unspecified atom stereocenters. The Morgan fingerprint density at radius 3 is 1.77 bits per heavy atom. The maximum atomic E-state index is 9.67. The van der Waals surface area contributed by atoms with Gasteiger partial charge in [0.2, 0.25) is 0 Å². The van der Waals surface area contributed by atoms with E-state index in [1.165, 1.54) is 33.4 Å². The van der Waals surface area contributed by atoms with Gasteiger partial charge in [0.1, 0.15) is 5.16 Å². The Morgan fingerprint density at radius 1 is 0.872 bits per heavy atom. The van der Waals surface area contributed by atoms with Crippen molar-refractivity contribution >= 4 is 26.6 Å². The number of hydrogen-bond donors (Lipinski definition) is 0. The third kappa shape index (κ3) is 9.05. The predicted octanol–water partition coefficient (Wildman–Crippen LogP) is 7.48. The van der Waals surface area contributed by atoms with Crippen molar-refractivity contribution in [2.45, 2.75) is 86.0 Å². The van der Waals surface area contributed by atoms with E-state index in [-0.39, 0.29) is 4.70 Å². The minimum Gasteiger partial charge on any atom is -1.00 e. The quantitative estimate of drug-likeness (QED) is 0.212. The second-order valence-electron chi connectivity index (χ2n) is 10.4. The van der Waals surface area contributed by atoms with E-state index < -0.39 is 15.5 Å². The van der Waals surface area contributed by atoms with E-state index in [1.807, 2.05) is 13.8 Å². The van der Waals surface area contributed by atoms with E-state index in [2.05, 4.69) is 111 Å². The second kappa shape index (κ2) is 17.0. The van der Waals surface area contributed by atoms with Crippen LogP contribution in [0.15, 0.2) is 59.7 Å². The largest absolute Gasteiger partial charge is 1.00 e. The van der Waals surface area contributed by atoms with Crippen LogP contribution < -0.4 is 4.70 Å². The number of hydrogen-bond acceptors (Lipinski definition) is 1. The summed E-state index contributed by atoms with van der Waals surface area (Å²) in [7, 11) is -4.10. The van der Waals surface area contributed by atoms with Gasteiger partial charge in [-0.05, 0) is 95.7 Å². The fourth-order valence-corrected chi connectivity index (χ4v) is 7.88. The molecular weight excluding hydrogens is 518 g/mol. The van der Waals surface area contributed by atoms with Gasteiger partial charge in [-0.15, -0.1) is 0 Å². The Hall–Kier alpha value is -1.91. The maximum Gasteiger partial charge on any atom is 0.762 e. The van der Waals surface area contributed by atoms with Gasteiger partial charge in [-0.2, -0.15) is 0 Å². The van der Waals surface area contributed by atoms with Crippen LogP contribution in [0.25, 0.3) is 11.1 Å². The first kappa shape index (κ1) is 37.1. The summed E-state index contributed by atoms with van der Waals surface area (Å²) >= 11 is 0. The van der Waals surface area contributed by atoms with Crippen molar-refractivity contribution in [3.63, 3.8) is 0 Å². The molecule has 2 aromatic carbocycles. The zero-order valence-electron chi connectivity index (χ0n) is 25.7. The van der Waals surface area contributed by atoms with Gasteiger partial charge in [-0.3, -0.25) is 12.9 Å². The summed E-state index contributed by atoms with van der Waals surface area (Å²) in [5.74, 6) is 0.626. The molecule has 0 spiro atoms. The number of ether oxygens (including phenoxy) is 1. The highest BCUT2D eigenvalue weighted by Gasteiger charge is 2.48. The number of fused-ring (bicyclic) bond motifs is 2. The molecule has 39 heavy (non-hydrogen) atoms. The minimum atomic E-state index is -3.67. The average molecular weight is 567 g/mol. The Morgan fingerprint density at radius 2 is 1.33 bits per heavy atom. The molecule has 0 amide bonds. The average Bonchev–Trinajstić information content (AvgIpc) is 3.23. The van der Waals surface area contributed by atoms with Crippen molar-refractivity contribution in [3.8, 4) is 0 Å². The highest BCUT2D eigenvalue weighted by molar-refractivity contribution is 7.59. The molecule has 2 aromatic rings. The van der Waals surface area contributed by atoms with Gasteiger partial charge in [-0.25, -0.2) is 0 Å². The first-order valence-electron chi connectivity index (χ1n) is 13.6. The van der Waals surface area contributed by atoms with Crippen molar-refractivity contribution in [2.75, 3.05) is 19.9 Å². The van der Waals surface area contributed by atoms with E-state index in [9.17, 15) is 12.9 Å². The van der Waals surface area contributed by atoms with Gasteiger partial charge in [-0.1, -0.05) is 61.0 Å². The predicted molar refractivity (Wildman–Crippen MR) is 166 cm³/mol. The molecule has 2 aliphatic carbocycles. The maximum absolute atomic E-state index is 9.67. The molecule has 3 atom stereocenters. The molecule has 7 heteroatoms. The van der Waals surface area contributed by atoms with Crippen LogP contribution in [0.1, 0.15) is 97.4 Å². The molecule has 0 radical (unpaired) electrons. The molecule has 2 aliphatic rings. The summed E-state index contributed by atoms with van der Waals surface area (Å²) in [4.78, 5) is 0. The van der Waals surface area contributed by atoms with Crippen LogP contribution in [0, 0.1) is 0 Å². The summed E-state index contributed by atoms with van der Waals surface area (Å²) in [6, 6.07) is 17.7. The van der Waals surface area contributed by atoms with Gasteiger partial charge in [0.15, 0.2) is 0 Å². The van der Waals surface area contributed by atoms with Gasteiger partial charge in [0.25, 0.3) is 0 Å². The molecule has 0 heterocycles. The van der Waals surface area contributed by atoms with Gasteiger partial charge in [0, 0.05) is 39.3 Å². The topological polar surface area (TPSA) is 9.23 Å². The van der Waals surface area contributed by atoms with E-state index in [0.29, 0.717) is 11.1 Å². The normalized spacial score (nSPS) is 19.4. The third-order valence-corrected chi connectivity index (χ3v) is 12.3. The highest BCUT2D eigenvalue weighted by Crippen LogP contribution is 2.64. The van der Waals surface area contributed by atoms with Gasteiger partial charge >= 0.3 is 7.54 Å². The van der Waals surface area contributed by atoms with Crippen LogP contribution in [-0.4, -0.2) is 33.1 Å². The summed E-state index contributed by atoms with van der Waals surface area (Å²) in [6.07, 6.45) is 0. The van der Waals surface area contributed by atoms with E-state index in [4.69, 9.17) is 4.74 Å². The lowest BCUT2D eigenvalue weighted by atomic mass is 9.98. The number of allylic oxidation sites excluding steroid dienone is 4. The lowest BCUT2D eigenvalue weighted by Gasteiger charge is -2.31. The highest BCUT2D eigenvalue weighted by atomic mass is 31.1. The van der Waals surface area contributed by atoms with Gasteiger partial charge in [0.05, 0.1) is 5.66 Å². The number of benzene rings is 2. The van der Waals surface area contributed by atoms with E-state index >= 15 is 0 Å². The summed E-state index contributed by atoms with van der Waals surface area (Å²) < 4.78 is 33.8. The van der Waals surface area contributed by atoms with Crippen LogP contribution >= 0.6 is 7.92 Å². The summed E-state index contributed by atoms with van der Waals surface area (Å²) in [5.41, 5.74) is 12.9. The lowest BCUT2D eigenvalue weighted by molar-refractivity contribution is -0.0000120. The van der Waals surface area contributed by atoms with Crippen LogP contribution in [-0.2, 0) is 9.89 Å². The second-order valence-corrected chi connectivity index (χ2v) is 13.9. The summed E-state index contributed by atoms with van der Waals surface area (Å²) in [5, 5.41) is 0.319. The Bertz CT molecular complexity index is 1090.